The van der Waals surface area contributed by atoms with Crippen LogP contribution >= 0.6 is 0 Å². The van der Waals surface area contributed by atoms with Crippen molar-refractivity contribution in [2.75, 3.05) is 6.54 Å². The molecule has 1 aromatic rings. The zero-order valence-electron chi connectivity index (χ0n) is 8.90. The zero-order chi connectivity index (χ0) is 11.5. The molecule has 0 amide bonds. The Kier molecular flexibility index (Phi) is 3.49. The van der Waals surface area contributed by atoms with E-state index in [1.807, 2.05) is 0 Å². The van der Waals surface area contributed by atoms with Crippen molar-refractivity contribution in [3.05, 3.63) is 35.1 Å². The van der Waals surface area contributed by atoms with E-state index in [-0.39, 0.29) is 11.6 Å². The highest BCUT2D eigenvalue weighted by atomic mass is 19.2. The molecule has 1 nitrogen and oxygen atoms in total. The largest absolute Gasteiger partial charge is 0.310 e. The van der Waals surface area contributed by atoms with Crippen LogP contribution in [0.3, 0.4) is 0 Å². The van der Waals surface area contributed by atoms with E-state index in [1.165, 1.54) is 6.07 Å². The lowest BCUT2D eigenvalue weighted by Gasteiger charge is -2.17. The zero-order valence-corrected chi connectivity index (χ0v) is 8.90. The highest BCUT2D eigenvalue weighted by Crippen LogP contribution is 2.26. The van der Waals surface area contributed by atoms with E-state index in [4.69, 9.17) is 0 Å². The summed E-state index contributed by atoms with van der Waals surface area (Å²) in [6.07, 6.45) is 3.88. The van der Waals surface area contributed by atoms with Crippen LogP contribution in [-0.4, -0.2) is 6.54 Å². The quantitative estimate of drug-likeness (QED) is 0.728. The molecular weight excluding hydrogens is 215 g/mol. The van der Waals surface area contributed by atoms with Gasteiger partial charge in [0.15, 0.2) is 17.5 Å². The van der Waals surface area contributed by atoms with Gasteiger partial charge in [-0.2, -0.15) is 0 Å². The van der Waals surface area contributed by atoms with E-state index < -0.39 is 17.5 Å². The highest BCUT2D eigenvalue weighted by Gasteiger charge is 2.21. The molecule has 2 rings (SSSR count). The molecule has 0 radical (unpaired) electrons. The van der Waals surface area contributed by atoms with Crippen molar-refractivity contribution in [3.63, 3.8) is 0 Å². The number of hydrogen-bond donors (Lipinski definition) is 1. The molecule has 0 aromatic heterocycles. The first-order valence-corrected chi connectivity index (χ1v) is 5.57. The second-order valence-corrected chi connectivity index (χ2v) is 4.12. The molecule has 4 heteroatoms. The normalized spacial score (nSPS) is 21.8. The summed E-state index contributed by atoms with van der Waals surface area (Å²) in [5, 5.41) is 3.16. The minimum absolute atomic E-state index is 0.197. The van der Waals surface area contributed by atoms with Gasteiger partial charge in [0.1, 0.15) is 0 Å². The van der Waals surface area contributed by atoms with Crippen molar-refractivity contribution in [2.45, 2.75) is 31.7 Å². The van der Waals surface area contributed by atoms with E-state index in [9.17, 15) is 13.2 Å². The van der Waals surface area contributed by atoms with Gasteiger partial charge in [-0.05, 0) is 25.5 Å². The lowest BCUT2D eigenvalue weighted by molar-refractivity contribution is 0.422. The summed E-state index contributed by atoms with van der Waals surface area (Å²) in [4.78, 5) is 0. The average molecular weight is 229 g/mol. The van der Waals surface area contributed by atoms with E-state index in [0.29, 0.717) is 0 Å². The monoisotopic (exact) mass is 229 g/mol. The molecule has 1 saturated heterocycles. The maximum atomic E-state index is 13.5. The van der Waals surface area contributed by atoms with Crippen LogP contribution in [0.4, 0.5) is 13.2 Å². The van der Waals surface area contributed by atoms with Gasteiger partial charge in [-0.25, -0.2) is 13.2 Å². The summed E-state index contributed by atoms with van der Waals surface area (Å²) in [5.74, 6) is -3.56. The van der Waals surface area contributed by atoms with Crippen molar-refractivity contribution >= 4 is 0 Å². The predicted octanol–water partition coefficient (Wildman–Crippen LogP) is 3.31. The molecule has 88 valence electrons. The third-order valence-electron chi connectivity index (χ3n) is 3.00. The topological polar surface area (TPSA) is 12.0 Å². The first-order valence-electron chi connectivity index (χ1n) is 5.57. The van der Waals surface area contributed by atoms with Crippen molar-refractivity contribution in [2.24, 2.45) is 0 Å². The summed E-state index contributed by atoms with van der Waals surface area (Å²) in [6.45, 7) is 0.795. The lowest BCUT2D eigenvalue weighted by atomic mass is 10.0. The standard InChI is InChI=1S/C12H14F3N/c13-9-6-5-8(11(14)12(9)15)10-4-2-1-3-7-16-10/h5-6,10,16H,1-4,7H2. The Bertz CT molecular complexity index is 371. The van der Waals surface area contributed by atoms with Gasteiger partial charge < -0.3 is 5.32 Å². The van der Waals surface area contributed by atoms with Gasteiger partial charge in [0.05, 0.1) is 0 Å². The molecule has 0 saturated carbocycles. The summed E-state index contributed by atoms with van der Waals surface area (Å²) in [7, 11) is 0. The average Bonchev–Trinajstić information content (AvgIpc) is 2.55. The van der Waals surface area contributed by atoms with Gasteiger partial charge in [0.25, 0.3) is 0 Å². The van der Waals surface area contributed by atoms with Gasteiger partial charge in [-0.3, -0.25) is 0 Å². The van der Waals surface area contributed by atoms with Gasteiger partial charge in [0, 0.05) is 11.6 Å². The highest BCUT2D eigenvalue weighted by molar-refractivity contribution is 5.23. The Hall–Kier alpha value is -1.03. The van der Waals surface area contributed by atoms with Crippen molar-refractivity contribution in [1.82, 2.24) is 5.32 Å². The minimum Gasteiger partial charge on any atom is -0.310 e. The van der Waals surface area contributed by atoms with Gasteiger partial charge in [0.2, 0.25) is 0 Å². The minimum atomic E-state index is -1.37. The number of benzene rings is 1. The lowest BCUT2D eigenvalue weighted by Crippen LogP contribution is -2.21. The molecule has 0 aliphatic carbocycles. The van der Waals surface area contributed by atoms with Crippen LogP contribution < -0.4 is 5.32 Å². The van der Waals surface area contributed by atoms with Crippen LogP contribution in [0.2, 0.25) is 0 Å². The third kappa shape index (κ3) is 2.21. The summed E-state index contributed by atoms with van der Waals surface area (Å²) in [5.41, 5.74) is 0.237. The molecule has 1 unspecified atom stereocenters. The molecule has 1 heterocycles. The van der Waals surface area contributed by atoms with Crippen LogP contribution in [0.15, 0.2) is 12.1 Å². The van der Waals surface area contributed by atoms with E-state index in [0.717, 1.165) is 38.3 Å². The molecule has 1 aliphatic heterocycles. The Morgan fingerprint density at radius 2 is 1.81 bits per heavy atom. The molecule has 1 atom stereocenters. The molecule has 16 heavy (non-hydrogen) atoms. The molecule has 1 aliphatic rings. The second-order valence-electron chi connectivity index (χ2n) is 4.12. The first kappa shape index (κ1) is 11.5. The second kappa shape index (κ2) is 4.87. The molecule has 1 N–H and O–H groups in total. The predicted molar refractivity (Wildman–Crippen MR) is 55.5 cm³/mol. The number of halogens is 3. The van der Waals surface area contributed by atoms with Gasteiger partial charge in [-0.1, -0.05) is 18.9 Å². The molecule has 1 fully saturated rings. The Morgan fingerprint density at radius 1 is 1.00 bits per heavy atom. The van der Waals surface area contributed by atoms with Crippen LogP contribution in [0.5, 0.6) is 0 Å². The van der Waals surface area contributed by atoms with Crippen molar-refractivity contribution in [3.8, 4) is 0 Å². The SMILES string of the molecule is Fc1ccc(C2CCCCCN2)c(F)c1F. The maximum Gasteiger partial charge on any atom is 0.194 e. The smallest absolute Gasteiger partial charge is 0.194 e. The number of rotatable bonds is 1. The Labute approximate surface area is 92.7 Å². The molecule has 0 bridgehead atoms. The summed E-state index contributed by atoms with van der Waals surface area (Å²) in [6, 6.07) is 2.12. The third-order valence-corrected chi connectivity index (χ3v) is 3.00. The van der Waals surface area contributed by atoms with E-state index in [1.54, 1.807) is 0 Å². The van der Waals surface area contributed by atoms with E-state index >= 15 is 0 Å². The van der Waals surface area contributed by atoms with Crippen LogP contribution in [0.25, 0.3) is 0 Å². The fourth-order valence-corrected chi connectivity index (χ4v) is 2.10. The van der Waals surface area contributed by atoms with Crippen LogP contribution in [-0.2, 0) is 0 Å². The Morgan fingerprint density at radius 3 is 2.62 bits per heavy atom. The summed E-state index contributed by atoms with van der Waals surface area (Å²) >= 11 is 0. The molecule has 1 aromatic carbocycles. The van der Waals surface area contributed by atoms with E-state index in [2.05, 4.69) is 5.32 Å². The fraction of sp³-hybridized carbons (Fsp3) is 0.500. The molecular formula is C12H14F3N. The van der Waals surface area contributed by atoms with Crippen LogP contribution in [0.1, 0.15) is 37.3 Å². The first-order chi connectivity index (χ1) is 7.70. The van der Waals surface area contributed by atoms with Crippen molar-refractivity contribution in [1.29, 1.82) is 0 Å². The van der Waals surface area contributed by atoms with Crippen molar-refractivity contribution < 1.29 is 13.2 Å². The number of nitrogens with one attached hydrogen (secondary N) is 1. The fourth-order valence-electron chi connectivity index (χ4n) is 2.10. The number of hydrogen-bond acceptors (Lipinski definition) is 1. The van der Waals surface area contributed by atoms with Gasteiger partial charge >= 0.3 is 0 Å². The van der Waals surface area contributed by atoms with Gasteiger partial charge in [-0.15, -0.1) is 0 Å². The maximum absolute atomic E-state index is 13.5. The molecule has 0 spiro atoms. The summed E-state index contributed by atoms with van der Waals surface area (Å²) < 4.78 is 39.4. The Balaban J connectivity index is 2.28. The van der Waals surface area contributed by atoms with Crippen LogP contribution in [0, 0.1) is 17.5 Å².